The number of hydrogen-bond donors (Lipinski definition) is 1. The minimum absolute atomic E-state index is 0.0600. The summed E-state index contributed by atoms with van der Waals surface area (Å²) in [6.45, 7) is 6.72. The van der Waals surface area contributed by atoms with Gasteiger partial charge in [-0.25, -0.2) is 0 Å². The van der Waals surface area contributed by atoms with Crippen LogP contribution in [0.25, 0.3) is 0 Å². The molecule has 2 N–H and O–H groups in total. The van der Waals surface area contributed by atoms with Crippen LogP contribution in [0.4, 0.5) is 0 Å². The van der Waals surface area contributed by atoms with Crippen LogP contribution in [0.2, 0.25) is 0 Å². The van der Waals surface area contributed by atoms with Crippen LogP contribution in [0.15, 0.2) is 42.5 Å². The summed E-state index contributed by atoms with van der Waals surface area (Å²) in [6.07, 6.45) is 0. The Bertz CT molecular complexity index is 544. The summed E-state index contributed by atoms with van der Waals surface area (Å²) < 4.78 is 5.86. The van der Waals surface area contributed by atoms with Gasteiger partial charge in [0.2, 0.25) is 0 Å². The van der Waals surface area contributed by atoms with E-state index in [4.69, 9.17) is 10.5 Å². The van der Waals surface area contributed by atoms with Crippen molar-refractivity contribution in [3.8, 4) is 5.75 Å². The molecule has 0 fully saturated rings. The van der Waals surface area contributed by atoms with Crippen LogP contribution in [0.1, 0.15) is 35.2 Å². The Morgan fingerprint density at radius 2 is 1.74 bits per heavy atom. The standard InChI is InChI=1S/C17H21NO/c1-12-4-6-15(7-5-12)11-19-17-9-8-16(14(3)18)10-13(17)2/h4-10,14H,11,18H2,1-3H3/t14-/m1/s1. The molecule has 2 nitrogen and oxygen atoms in total. The van der Waals surface area contributed by atoms with Crippen molar-refractivity contribution in [1.29, 1.82) is 0 Å². The second kappa shape index (κ2) is 5.89. The van der Waals surface area contributed by atoms with Crippen molar-refractivity contribution in [3.63, 3.8) is 0 Å². The van der Waals surface area contributed by atoms with Crippen molar-refractivity contribution in [2.24, 2.45) is 5.73 Å². The van der Waals surface area contributed by atoms with Gasteiger partial charge in [0, 0.05) is 6.04 Å². The lowest BCUT2D eigenvalue weighted by atomic mass is 10.1. The van der Waals surface area contributed by atoms with Gasteiger partial charge >= 0.3 is 0 Å². The third-order valence-corrected chi connectivity index (χ3v) is 3.24. The molecule has 0 aliphatic carbocycles. The highest BCUT2D eigenvalue weighted by molar-refractivity contribution is 5.37. The predicted molar refractivity (Wildman–Crippen MR) is 79.3 cm³/mol. The van der Waals surface area contributed by atoms with Crippen LogP contribution in [-0.4, -0.2) is 0 Å². The average molecular weight is 255 g/mol. The maximum atomic E-state index is 5.87. The van der Waals surface area contributed by atoms with Crippen LogP contribution >= 0.6 is 0 Å². The molecule has 100 valence electrons. The van der Waals surface area contributed by atoms with Gasteiger partial charge in [-0.05, 0) is 43.5 Å². The fourth-order valence-electron chi connectivity index (χ4n) is 1.96. The predicted octanol–water partition coefficient (Wildman–Crippen LogP) is 3.90. The van der Waals surface area contributed by atoms with E-state index < -0.39 is 0 Å². The zero-order valence-electron chi connectivity index (χ0n) is 11.8. The molecule has 2 aromatic carbocycles. The number of nitrogens with two attached hydrogens (primary N) is 1. The summed E-state index contributed by atoms with van der Waals surface area (Å²) in [5.41, 5.74) is 10.6. The first-order valence-corrected chi connectivity index (χ1v) is 6.61. The molecule has 0 radical (unpaired) electrons. The third kappa shape index (κ3) is 3.58. The Morgan fingerprint density at radius 1 is 1.05 bits per heavy atom. The first-order valence-electron chi connectivity index (χ1n) is 6.61. The zero-order chi connectivity index (χ0) is 13.8. The Morgan fingerprint density at radius 3 is 2.32 bits per heavy atom. The maximum Gasteiger partial charge on any atom is 0.122 e. The average Bonchev–Trinajstić information content (AvgIpc) is 2.39. The van der Waals surface area contributed by atoms with Gasteiger partial charge < -0.3 is 10.5 Å². The molecule has 0 saturated carbocycles. The highest BCUT2D eigenvalue weighted by Gasteiger charge is 2.04. The molecule has 2 rings (SSSR count). The molecule has 0 spiro atoms. The summed E-state index contributed by atoms with van der Waals surface area (Å²) in [5, 5.41) is 0. The van der Waals surface area contributed by atoms with Crippen molar-refractivity contribution < 1.29 is 4.74 Å². The summed E-state index contributed by atoms with van der Waals surface area (Å²) >= 11 is 0. The summed E-state index contributed by atoms with van der Waals surface area (Å²) in [7, 11) is 0. The third-order valence-electron chi connectivity index (χ3n) is 3.24. The molecule has 2 aromatic rings. The van der Waals surface area contributed by atoms with Crippen LogP contribution < -0.4 is 10.5 Å². The van der Waals surface area contributed by atoms with E-state index in [1.54, 1.807) is 0 Å². The minimum Gasteiger partial charge on any atom is -0.489 e. The molecule has 0 aliphatic heterocycles. The summed E-state index contributed by atoms with van der Waals surface area (Å²) in [4.78, 5) is 0. The number of hydrogen-bond acceptors (Lipinski definition) is 2. The number of aryl methyl sites for hydroxylation is 2. The van der Waals surface area contributed by atoms with Gasteiger partial charge in [0.15, 0.2) is 0 Å². The largest absolute Gasteiger partial charge is 0.489 e. The van der Waals surface area contributed by atoms with Crippen LogP contribution in [0, 0.1) is 13.8 Å². The molecule has 0 saturated heterocycles. The molecule has 0 amide bonds. The summed E-state index contributed by atoms with van der Waals surface area (Å²) in [6, 6.07) is 14.6. The first kappa shape index (κ1) is 13.6. The second-order valence-electron chi connectivity index (χ2n) is 5.09. The second-order valence-corrected chi connectivity index (χ2v) is 5.09. The minimum atomic E-state index is 0.0600. The molecule has 0 heterocycles. The Hall–Kier alpha value is -1.80. The van der Waals surface area contributed by atoms with Gasteiger partial charge in [-0.2, -0.15) is 0 Å². The fraction of sp³-hybridized carbons (Fsp3) is 0.294. The molecule has 19 heavy (non-hydrogen) atoms. The lowest BCUT2D eigenvalue weighted by Gasteiger charge is -2.12. The topological polar surface area (TPSA) is 35.2 Å². The van der Waals surface area contributed by atoms with Crippen LogP contribution in [0.5, 0.6) is 5.75 Å². The molecule has 0 aliphatic rings. The van der Waals surface area contributed by atoms with E-state index in [9.17, 15) is 0 Å². The van der Waals surface area contributed by atoms with Crippen LogP contribution in [0.3, 0.4) is 0 Å². The Labute approximate surface area is 115 Å². The normalized spacial score (nSPS) is 12.2. The van der Waals surface area contributed by atoms with Gasteiger partial charge in [-0.3, -0.25) is 0 Å². The van der Waals surface area contributed by atoms with E-state index in [-0.39, 0.29) is 6.04 Å². The Balaban J connectivity index is 2.05. The fourth-order valence-corrected chi connectivity index (χ4v) is 1.96. The molecular weight excluding hydrogens is 234 g/mol. The molecule has 0 bridgehead atoms. The van der Waals surface area contributed by atoms with E-state index >= 15 is 0 Å². The van der Waals surface area contributed by atoms with Gasteiger partial charge in [0.05, 0.1) is 0 Å². The number of benzene rings is 2. The van der Waals surface area contributed by atoms with E-state index in [1.165, 1.54) is 11.1 Å². The SMILES string of the molecule is Cc1ccc(COc2ccc([C@@H](C)N)cc2C)cc1. The molecule has 1 atom stereocenters. The van der Waals surface area contributed by atoms with Crippen molar-refractivity contribution in [1.82, 2.24) is 0 Å². The van der Waals surface area contributed by atoms with Crippen molar-refractivity contribution in [2.45, 2.75) is 33.4 Å². The van der Waals surface area contributed by atoms with Gasteiger partial charge in [0.1, 0.15) is 12.4 Å². The quantitative estimate of drug-likeness (QED) is 0.899. The van der Waals surface area contributed by atoms with E-state index in [2.05, 4.69) is 44.2 Å². The first-order chi connectivity index (χ1) is 9.06. The van der Waals surface area contributed by atoms with Crippen molar-refractivity contribution in [2.75, 3.05) is 0 Å². The van der Waals surface area contributed by atoms with Gasteiger partial charge in [-0.15, -0.1) is 0 Å². The molecule has 0 unspecified atom stereocenters. The molecular formula is C17H21NO. The smallest absolute Gasteiger partial charge is 0.122 e. The molecule has 0 aromatic heterocycles. The highest BCUT2D eigenvalue weighted by atomic mass is 16.5. The van der Waals surface area contributed by atoms with Crippen molar-refractivity contribution in [3.05, 3.63) is 64.7 Å². The van der Waals surface area contributed by atoms with Crippen LogP contribution in [-0.2, 0) is 6.61 Å². The molecule has 2 heteroatoms. The highest BCUT2D eigenvalue weighted by Crippen LogP contribution is 2.22. The van der Waals surface area contributed by atoms with Gasteiger partial charge in [0.25, 0.3) is 0 Å². The lowest BCUT2D eigenvalue weighted by molar-refractivity contribution is 0.304. The number of rotatable bonds is 4. The zero-order valence-corrected chi connectivity index (χ0v) is 11.8. The van der Waals surface area contributed by atoms with E-state index in [0.29, 0.717) is 6.61 Å². The van der Waals surface area contributed by atoms with E-state index in [1.807, 2.05) is 19.1 Å². The van der Waals surface area contributed by atoms with E-state index in [0.717, 1.165) is 16.9 Å². The lowest BCUT2D eigenvalue weighted by Crippen LogP contribution is -2.05. The number of ether oxygens (including phenoxy) is 1. The summed E-state index contributed by atoms with van der Waals surface area (Å²) in [5.74, 6) is 0.921. The maximum absolute atomic E-state index is 5.87. The monoisotopic (exact) mass is 255 g/mol. The Kier molecular flexibility index (Phi) is 4.23. The van der Waals surface area contributed by atoms with Crippen molar-refractivity contribution >= 4 is 0 Å². The van der Waals surface area contributed by atoms with Gasteiger partial charge in [-0.1, -0.05) is 42.0 Å².